The van der Waals surface area contributed by atoms with Crippen LogP contribution in [0.4, 0.5) is 0 Å². The first-order valence-corrected chi connectivity index (χ1v) is 5.76. The van der Waals surface area contributed by atoms with E-state index in [1.165, 1.54) is 6.26 Å². The van der Waals surface area contributed by atoms with E-state index in [4.69, 9.17) is 4.42 Å². The van der Waals surface area contributed by atoms with Crippen LogP contribution in [-0.4, -0.2) is 42.1 Å². The molecule has 1 rings (SSSR count). The van der Waals surface area contributed by atoms with Crippen LogP contribution in [0.25, 0.3) is 0 Å². The molecule has 0 spiro atoms. The second-order valence-electron chi connectivity index (χ2n) is 4.01. The third-order valence-electron chi connectivity index (χ3n) is 2.71. The zero-order valence-corrected chi connectivity index (χ0v) is 10.5. The molecule has 0 bridgehead atoms. The molecule has 0 aromatic carbocycles. The Kier molecular flexibility index (Phi) is 5.18. The van der Waals surface area contributed by atoms with E-state index in [2.05, 4.69) is 5.32 Å². The summed E-state index contributed by atoms with van der Waals surface area (Å²) in [6.07, 6.45) is 0.782. The van der Waals surface area contributed by atoms with Gasteiger partial charge in [0, 0.05) is 20.1 Å². The largest absolute Gasteiger partial charge is 0.467 e. The molecule has 2 atom stereocenters. The highest BCUT2D eigenvalue weighted by Crippen LogP contribution is 2.11. The average molecular weight is 240 g/mol. The number of aliphatic hydroxyl groups excluding tert-OH is 1. The maximum atomic E-state index is 11.7. The van der Waals surface area contributed by atoms with Crippen LogP contribution in [-0.2, 0) is 4.79 Å². The van der Waals surface area contributed by atoms with E-state index in [0.717, 1.165) is 0 Å². The van der Waals surface area contributed by atoms with Crippen molar-refractivity contribution in [1.82, 2.24) is 10.2 Å². The lowest BCUT2D eigenvalue weighted by molar-refractivity contribution is -0.131. The van der Waals surface area contributed by atoms with Gasteiger partial charge in [0.15, 0.2) is 0 Å². The van der Waals surface area contributed by atoms with Gasteiger partial charge in [-0.3, -0.25) is 4.79 Å². The maximum absolute atomic E-state index is 11.7. The smallest absolute Gasteiger partial charge is 0.239 e. The summed E-state index contributed by atoms with van der Waals surface area (Å²) in [5.41, 5.74) is 0. The molecule has 5 nitrogen and oxygen atoms in total. The van der Waals surface area contributed by atoms with Gasteiger partial charge in [-0.25, -0.2) is 0 Å². The van der Waals surface area contributed by atoms with Crippen molar-refractivity contribution >= 4 is 5.91 Å². The lowest BCUT2D eigenvalue weighted by Gasteiger charge is -2.21. The van der Waals surface area contributed by atoms with Crippen molar-refractivity contribution in [2.75, 3.05) is 20.1 Å². The van der Waals surface area contributed by atoms with Crippen molar-refractivity contribution in [3.05, 3.63) is 24.2 Å². The maximum Gasteiger partial charge on any atom is 0.239 e. The quantitative estimate of drug-likeness (QED) is 0.771. The highest BCUT2D eigenvalue weighted by Gasteiger charge is 2.18. The molecular weight excluding hydrogens is 220 g/mol. The number of nitrogens with zero attached hydrogens (tertiary/aromatic N) is 1. The zero-order chi connectivity index (χ0) is 12.8. The number of hydrogen-bond donors (Lipinski definition) is 2. The van der Waals surface area contributed by atoms with Crippen LogP contribution in [0.2, 0.25) is 0 Å². The van der Waals surface area contributed by atoms with Gasteiger partial charge in [0.25, 0.3) is 0 Å². The van der Waals surface area contributed by atoms with Crippen molar-refractivity contribution in [3.63, 3.8) is 0 Å². The number of rotatable bonds is 6. The Bertz CT molecular complexity index is 338. The molecule has 0 saturated carbocycles. The molecule has 0 aliphatic rings. The van der Waals surface area contributed by atoms with Crippen LogP contribution in [0.5, 0.6) is 0 Å². The second kappa shape index (κ2) is 6.42. The first-order chi connectivity index (χ1) is 8.06. The van der Waals surface area contributed by atoms with Crippen LogP contribution >= 0.6 is 0 Å². The van der Waals surface area contributed by atoms with Gasteiger partial charge in [0.05, 0.1) is 12.3 Å². The van der Waals surface area contributed by atoms with E-state index in [0.29, 0.717) is 12.3 Å². The van der Waals surface area contributed by atoms with Gasteiger partial charge in [0.2, 0.25) is 5.91 Å². The molecule has 96 valence electrons. The molecule has 0 radical (unpaired) electrons. The second-order valence-corrected chi connectivity index (χ2v) is 4.01. The molecule has 2 N–H and O–H groups in total. The van der Waals surface area contributed by atoms with Crippen molar-refractivity contribution in [3.8, 4) is 0 Å². The van der Waals surface area contributed by atoms with Gasteiger partial charge in [0.1, 0.15) is 11.9 Å². The predicted octanol–water partition coefficient (Wildman–Crippen LogP) is 0.769. The van der Waals surface area contributed by atoms with Gasteiger partial charge in [-0.1, -0.05) is 0 Å². The molecule has 0 fully saturated rings. The fourth-order valence-corrected chi connectivity index (χ4v) is 1.44. The van der Waals surface area contributed by atoms with Crippen LogP contribution in [0.15, 0.2) is 22.8 Å². The number of aliphatic hydroxyl groups is 1. The van der Waals surface area contributed by atoms with Gasteiger partial charge in [-0.15, -0.1) is 0 Å². The topological polar surface area (TPSA) is 65.7 Å². The third-order valence-corrected chi connectivity index (χ3v) is 2.71. The van der Waals surface area contributed by atoms with Gasteiger partial charge >= 0.3 is 0 Å². The Morgan fingerprint density at radius 2 is 2.35 bits per heavy atom. The Morgan fingerprint density at radius 3 is 2.88 bits per heavy atom. The summed E-state index contributed by atoms with van der Waals surface area (Å²) in [6.45, 7) is 4.66. The van der Waals surface area contributed by atoms with E-state index in [-0.39, 0.29) is 18.5 Å². The van der Waals surface area contributed by atoms with Crippen molar-refractivity contribution in [2.24, 2.45) is 0 Å². The number of likely N-dealkylation sites (N-methyl/N-ethyl adjacent to an activating group) is 1. The highest BCUT2D eigenvalue weighted by molar-refractivity contribution is 5.81. The average Bonchev–Trinajstić information content (AvgIpc) is 2.87. The minimum atomic E-state index is -0.729. The number of nitrogens with one attached hydrogen (secondary N) is 1. The predicted molar refractivity (Wildman–Crippen MR) is 64.4 cm³/mol. The SMILES string of the molecule is CCN(C)C(=O)C(C)NCC(O)c1ccco1. The molecular formula is C12H20N2O3. The molecule has 0 aliphatic carbocycles. The van der Waals surface area contributed by atoms with E-state index < -0.39 is 6.10 Å². The Labute approximate surface area is 101 Å². The van der Waals surface area contributed by atoms with Crippen molar-refractivity contribution in [1.29, 1.82) is 0 Å². The normalized spacial score (nSPS) is 14.4. The van der Waals surface area contributed by atoms with Crippen molar-refractivity contribution < 1.29 is 14.3 Å². The Hall–Kier alpha value is -1.33. The molecule has 2 unspecified atom stereocenters. The number of carbonyl (C=O) groups is 1. The zero-order valence-electron chi connectivity index (χ0n) is 10.5. The van der Waals surface area contributed by atoms with Crippen molar-refractivity contribution in [2.45, 2.75) is 26.0 Å². The van der Waals surface area contributed by atoms with Crippen LogP contribution in [0.3, 0.4) is 0 Å². The van der Waals surface area contributed by atoms with Crippen LogP contribution in [0, 0.1) is 0 Å². The van der Waals surface area contributed by atoms with Gasteiger partial charge in [-0.05, 0) is 26.0 Å². The number of carbonyl (C=O) groups excluding carboxylic acids is 1. The number of furan rings is 1. The Balaban J connectivity index is 2.38. The molecule has 1 amide bonds. The molecule has 1 heterocycles. The van der Waals surface area contributed by atoms with Gasteiger partial charge in [-0.2, -0.15) is 0 Å². The van der Waals surface area contributed by atoms with Crippen LogP contribution < -0.4 is 5.32 Å². The summed E-state index contributed by atoms with van der Waals surface area (Å²) in [5, 5.41) is 12.7. The van der Waals surface area contributed by atoms with E-state index in [1.807, 2.05) is 6.92 Å². The van der Waals surface area contributed by atoms with E-state index in [1.54, 1.807) is 31.0 Å². The van der Waals surface area contributed by atoms with E-state index >= 15 is 0 Å². The summed E-state index contributed by atoms with van der Waals surface area (Å²) < 4.78 is 5.07. The first kappa shape index (κ1) is 13.7. The number of amides is 1. The van der Waals surface area contributed by atoms with E-state index in [9.17, 15) is 9.90 Å². The summed E-state index contributed by atoms with van der Waals surface area (Å²) in [5.74, 6) is 0.514. The molecule has 1 aromatic heterocycles. The molecule has 0 saturated heterocycles. The Morgan fingerprint density at radius 1 is 1.65 bits per heavy atom. The summed E-state index contributed by atoms with van der Waals surface area (Å²) in [4.78, 5) is 13.4. The summed E-state index contributed by atoms with van der Waals surface area (Å²) in [7, 11) is 1.75. The fraction of sp³-hybridized carbons (Fsp3) is 0.583. The molecule has 1 aromatic rings. The minimum absolute atomic E-state index is 0.0131. The fourth-order valence-electron chi connectivity index (χ4n) is 1.44. The lowest BCUT2D eigenvalue weighted by atomic mass is 10.2. The van der Waals surface area contributed by atoms with Gasteiger partial charge < -0.3 is 19.7 Å². The molecule has 5 heteroatoms. The summed E-state index contributed by atoms with van der Waals surface area (Å²) >= 11 is 0. The standard InChI is InChI=1S/C12H20N2O3/c1-4-14(3)12(16)9(2)13-8-10(15)11-6-5-7-17-11/h5-7,9-10,13,15H,4,8H2,1-3H3. The summed E-state index contributed by atoms with van der Waals surface area (Å²) in [6, 6.07) is 3.11. The molecule has 0 aliphatic heterocycles. The number of hydrogen-bond acceptors (Lipinski definition) is 4. The molecule has 17 heavy (non-hydrogen) atoms. The first-order valence-electron chi connectivity index (χ1n) is 5.76. The lowest BCUT2D eigenvalue weighted by Crippen LogP contribution is -2.44. The third kappa shape index (κ3) is 3.87. The minimum Gasteiger partial charge on any atom is -0.467 e. The highest BCUT2D eigenvalue weighted by atomic mass is 16.4. The monoisotopic (exact) mass is 240 g/mol. The van der Waals surface area contributed by atoms with Crippen LogP contribution in [0.1, 0.15) is 25.7 Å².